The van der Waals surface area contributed by atoms with Crippen molar-refractivity contribution in [2.24, 2.45) is 5.92 Å². The quantitative estimate of drug-likeness (QED) is 0.762. The number of rotatable bonds is 7. The van der Waals surface area contributed by atoms with Gasteiger partial charge < -0.3 is 15.2 Å². The SMILES string of the molecule is COc1c(Br)cc(Br)cc1CNCC(C)CCO. The van der Waals surface area contributed by atoms with Crippen LogP contribution in [-0.2, 0) is 6.54 Å². The van der Waals surface area contributed by atoms with Crippen LogP contribution in [-0.4, -0.2) is 25.4 Å². The number of benzene rings is 1. The number of aliphatic hydroxyl groups excluding tert-OH is 1. The lowest BCUT2D eigenvalue weighted by Crippen LogP contribution is -2.21. The molecular formula is C13H19Br2NO2. The third kappa shape index (κ3) is 4.88. The average molecular weight is 381 g/mol. The number of nitrogens with one attached hydrogen (secondary N) is 1. The highest BCUT2D eigenvalue weighted by molar-refractivity contribution is 9.11. The third-order valence-corrected chi connectivity index (χ3v) is 3.77. The van der Waals surface area contributed by atoms with Gasteiger partial charge in [0, 0.05) is 23.2 Å². The lowest BCUT2D eigenvalue weighted by Gasteiger charge is -2.14. The van der Waals surface area contributed by atoms with Gasteiger partial charge in [-0.3, -0.25) is 0 Å². The van der Waals surface area contributed by atoms with Crippen molar-refractivity contribution < 1.29 is 9.84 Å². The Balaban J connectivity index is 2.61. The maximum Gasteiger partial charge on any atom is 0.137 e. The summed E-state index contributed by atoms with van der Waals surface area (Å²) in [7, 11) is 1.67. The minimum Gasteiger partial charge on any atom is -0.495 e. The molecular weight excluding hydrogens is 362 g/mol. The predicted octanol–water partition coefficient (Wildman–Crippen LogP) is 3.33. The van der Waals surface area contributed by atoms with Crippen molar-refractivity contribution in [1.82, 2.24) is 5.32 Å². The Labute approximate surface area is 125 Å². The first kappa shape index (κ1) is 16.0. The summed E-state index contributed by atoms with van der Waals surface area (Å²) in [6, 6.07) is 4.02. The zero-order valence-electron chi connectivity index (χ0n) is 10.7. The van der Waals surface area contributed by atoms with Gasteiger partial charge in [0.25, 0.3) is 0 Å². The number of ether oxygens (including phenoxy) is 1. The largest absolute Gasteiger partial charge is 0.495 e. The zero-order chi connectivity index (χ0) is 13.5. The van der Waals surface area contributed by atoms with E-state index in [-0.39, 0.29) is 6.61 Å². The molecule has 5 heteroatoms. The molecule has 0 fully saturated rings. The van der Waals surface area contributed by atoms with Crippen LogP contribution in [0, 0.1) is 5.92 Å². The van der Waals surface area contributed by atoms with E-state index in [0.29, 0.717) is 5.92 Å². The summed E-state index contributed by atoms with van der Waals surface area (Å²) in [4.78, 5) is 0. The van der Waals surface area contributed by atoms with Gasteiger partial charge in [0.2, 0.25) is 0 Å². The number of halogens is 2. The summed E-state index contributed by atoms with van der Waals surface area (Å²) in [5.41, 5.74) is 1.11. The lowest BCUT2D eigenvalue weighted by atomic mass is 10.1. The van der Waals surface area contributed by atoms with E-state index in [0.717, 1.165) is 39.8 Å². The van der Waals surface area contributed by atoms with Gasteiger partial charge in [0.1, 0.15) is 5.75 Å². The van der Waals surface area contributed by atoms with E-state index in [9.17, 15) is 0 Å². The number of methoxy groups -OCH3 is 1. The second kappa shape index (κ2) is 8.15. The smallest absolute Gasteiger partial charge is 0.137 e. The summed E-state index contributed by atoms with van der Waals surface area (Å²) in [5.74, 6) is 1.33. The Kier molecular flexibility index (Phi) is 7.22. The van der Waals surface area contributed by atoms with Crippen LogP contribution in [0.1, 0.15) is 18.9 Å². The minimum absolute atomic E-state index is 0.245. The summed E-state index contributed by atoms with van der Waals surface area (Å²) in [6.45, 7) is 4.00. The summed E-state index contributed by atoms with van der Waals surface area (Å²) in [5, 5.41) is 12.2. The van der Waals surface area contributed by atoms with Crippen molar-refractivity contribution >= 4 is 31.9 Å². The molecule has 0 radical (unpaired) electrons. The maximum atomic E-state index is 8.85. The molecule has 1 aromatic rings. The third-order valence-electron chi connectivity index (χ3n) is 2.72. The molecule has 0 aliphatic carbocycles. The van der Waals surface area contributed by atoms with Crippen LogP contribution >= 0.6 is 31.9 Å². The maximum absolute atomic E-state index is 8.85. The first-order chi connectivity index (χ1) is 8.58. The molecule has 1 aromatic carbocycles. The normalized spacial score (nSPS) is 12.5. The Morgan fingerprint density at radius 2 is 2.11 bits per heavy atom. The van der Waals surface area contributed by atoms with E-state index in [1.165, 1.54) is 0 Å². The number of aliphatic hydroxyl groups is 1. The lowest BCUT2D eigenvalue weighted by molar-refractivity contribution is 0.260. The van der Waals surface area contributed by atoms with E-state index < -0.39 is 0 Å². The van der Waals surface area contributed by atoms with Gasteiger partial charge in [-0.1, -0.05) is 22.9 Å². The Bertz CT molecular complexity index is 385. The molecule has 0 heterocycles. The molecule has 0 saturated carbocycles. The molecule has 1 unspecified atom stereocenters. The summed E-state index contributed by atoms with van der Waals surface area (Å²) in [6.07, 6.45) is 0.826. The molecule has 0 aliphatic rings. The fourth-order valence-corrected chi connectivity index (χ4v) is 3.22. The fourth-order valence-electron chi connectivity index (χ4n) is 1.75. The topological polar surface area (TPSA) is 41.5 Å². The van der Waals surface area contributed by atoms with Crippen molar-refractivity contribution in [3.05, 3.63) is 26.6 Å². The number of hydrogen-bond acceptors (Lipinski definition) is 3. The van der Waals surface area contributed by atoms with Crippen molar-refractivity contribution in [3.8, 4) is 5.75 Å². The van der Waals surface area contributed by atoms with Gasteiger partial charge in [-0.25, -0.2) is 0 Å². The molecule has 102 valence electrons. The minimum atomic E-state index is 0.245. The first-order valence-corrected chi connectivity index (χ1v) is 7.50. The van der Waals surface area contributed by atoms with Crippen LogP contribution in [0.15, 0.2) is 21.1 Å². The molecule has 1 atom stereocenters. The summed E-state index contributed by atoms with van der Waals surface area (Å²) < 4.78 is 7.36. The van der Waals surface area contributed by atoms with Gasteiger partial charge in [-0.05, 0) is 46.9 Å². The van der Waals surface area contributed by atoms with Gasteiger partial charge in [-0.2, -0.15) is 0 Å². The van der Waals surface area contributed by atoms with Crippen LogP contribution < -0.4 is 10.1 Å². The van der Waals surface area contributed by atoms with Crippen LogP contribution in [0.25, 0.3) is 0 Å². The van der Waals surface area contributed by atoms with E-state index in [4.69, 9.17) is 9.84 Å². The van der Waals surface area contributed by atoms with Crippen LogP contribution in [0.2, 0.25) is 0 Å². The summed E-state index contributed by atoms with van der Waals surface area (Å²) >= 11 is 6.96. The Morgan fingerprint density at radius 1 is 1.39 bits per heavy atom. The average Bonchev–Trinajstić information content (AvgIpc) is 2.28. The Morgan fingerprint density at radius 3 is 2.72 bits per heavy atom. The molecule has 0 amide bonds. The monoisotopic (exact) mass is 379 g/mol. The molecule has 0 aromatic heterocycles. The molecule has 18 heavy (non-hydrogen) atoms. The van der Waals surface area contributed by atoms with Gasteiger partial charge >= 0.3 is 0 Å². The van der Waals surface area contributed by atoms with Gasteiger partial charge in [-0.15, -0.1) is 0 Å². The Hall–Kier alpha value is -0.100. The molecule has 0 saturated heterocycles. The van der Waals surface area contributed by atoms with Gasteiger partial charge in [0.05, 0.1) is 11.6 Å². The standard InChI is InChI=1S/C13H19Br2NO2/c1-9(3-4-17)7-16-8-10-5-11(14)6-12(15)13(10)18-2/h5-6,9,16-17H,3-4,7-8H2,1-2H3. The van der Waals surface area contributed by atoms with Crippen LogP contribution in [0.5, 0.6) is 5.75 Å². The highest BCUT2D eigenvalue weighted by Gasteiger charge is 2.09. The fraction of sp³-hybridized carbons (Fsp3) is 0.538. The second-order valence-electron chi connectivity index (χ2n) is 4.33. The molecule has 1 rings (SSSR count). The second-order valence-corrected chi connectivity index (χ2v) is 6.10. The van der Waals surface area contributed by atoms with E-state index in [2.05, 4.69) is 44.1 Å². The van der Waals surface area contributed by atoms with Crippen LogP contribution in [0.3, 0.4) is 0 Å². The van der Waals surface area contributed by atoms with Crippen molar-refractivity contribution in [1.29, 1.82) is 0 Å². The molecule has 0 bridgehead atoms. The van der Waals surface area contributed by atoms with E-state index in [1.807, 2.05) is 12.1 Å². The highest BCUT2D eigenvalue weighted by Crippen LogP contribution is 2.32. The van der Waals surface area contributed by atoms with Gasteiger partial charge in [0.15, 0.2) is 0 Å². The van der Waals surface area contributed by atoms with E-state index in [1.54, 1.807) is 7.11 Å². The molecule has 0 spiro atoms. The molecule has 2 N–H and O–H groups in total. The van der Waals surface area contributed by atoms with Crippen molar-refractivity contribution in [2.45, 2.75) is 19.9 Å². The van der Waals surface area contributed by atoms with E-state index >= 15 is 0 Å². The van der Waals surface area contributed by atoms with Crippen LogP contribution in [0.4, 0.5) is 0 Å². The molecule has 3 nitrogen and oxygen atoms in total. The first-order valence-electron chi connectivity index (χ1n) is 5.92. The molecule has 0 aliphatic heterocycles. The zero-order valence-corrected chi connectivity index (χ0v) is 13.8. The predicted molar refractivity (Wildman–Crippen MR) is 81.0 cm³/mol. The van der Waals surface area contributed by atoms with Crippen molar-refractivity contribution in [2.75, 3.05) is 20.3 Å². The van der Waals surface area contributed by atoms with Crippen molar-refractivity contribution in [3.63, 3.8) is 0 Å². The number of hydrogen-bond donors (Lipinski definition) is 2. The highest BCUT2D eigenvalue weighted by atomic mass is 79.9.